The Morgan fingerprint density at radius 1 is 0.750 bits per heavy atom. The van der Waals surface area contributed by atoms with E-state index in [9.17, 15) is 0 Å². The van der Waals surface area contributed by atoms with E-state index in [0.717, 1.165) is 18.1 Å². The molecule has 2 heteroatoms. The first-order valence-corrected chi connectivity index (χ1v) is 7.32. The van der Waals surface area contributed by atoms with Crippen molar-refractivity contribution in [1.82, 2.24) is 9.80 Å². The molecule has 0 aromatic carbocycles. The van der Waals surface area contributed by atoms with Crippen LogP contribution >= 0.6 is 0 Å². The molecule has 0 amide bonds. The summed E-state index contributed by atoms with van der Waals surface area (Å²) in [6.07, 6.45) is 13.2. The van der Waals surface area contributed by atoms with Crippen LogP contribution in [0.15, 0.2) is 0 Å². The minimum Gasteiger partial charge on any atom is -0.289 e. The van der Waals surface area contributed by atoms with Gasteiger partial charge in [0.1, 0.15) is 0 Å². The molecule has 1 heterocycles. The van der Waals surface area contributed by atoms with Crippen molar-refractivity contribution in [1.29, 1.82) is 0 Å². The number of hydrogen-bond acceptors (Lipinski definition) is 2. The van der Waals surface area contributed by atoms with Crippen LogP contribution < -0.4 is 0 Å². The first-order chi connectivity index (χ1) is 7.86. The van der Waals surface area contributed by atoms with Gasteiger partial charge < -0.3 is 0 Å². The maximum Gasteiger partial charge on any atom is 0.0512 e. The summed E-state index contributed by atoms with van der Waals surface area (Å²) in [5.41, 5.74) is 0. The van der Waals surface area contributed by atoms with E-state index in [1.54, 1.807) is 0 Å². The third-order valence-corrected chi connectivity index (χ3v) is 5.12. The Kier molecular flexibility index (Phi) is 3.21. The third kappa shape index (κ3) is 1.91. The second kappa shape index (κ2) is 4.66. The number of likely N-dealkylation sites (N-methyl/N-ethyl adjacent to an activating group) is 1. The molecule has 2 unspecified atom stereocenters. The van der Waals surface area contributed by atoms with Gasteiger partial charge in [-0.25, -0.2) is 0 Å². The molecule has 3 aliphatic rings. The molecule has 2 saturated carbocycles. The summed E-state index contributed by atoms with van der Waals surface area (Å²) in [7, 11) is 2.34. The second-order valence-electron chi connectivity index (χ2n) is 6.12. The van der Waals surface area contributed by atoms with Gasteiger partial charge in [-0.2, -0.15) is 0 Å². The van der Waals surface area contributed by atoms with Gasteiger partial charge in [0.25, 0.3) is 0 Å². The van der Waals surface area contributed by atoms with E-state index in [-0.39, 0.29) is 0 Å². The van der Waals surface area contributed by atoms with Crippen LogP contribution in [0.4, 0.5) is 0 Å². The van der Waals surface area contributed by atoms with Gasteiger partial charge in [-0.05, 0) is 32.7 Å². The quantitative estimate of drug-likeness (QED) is 0.673. The van der Waals surface area contributed by atoms with E-state index in [2.05, 4.69) is 16.8 Å². The first-order valence-electron chi connectivity index (χ1n) is 7.32. The van der Waals surface area contributed by atoms with Gasteiger partial charge in [-0.15, -0.1) is 0 Å². The fourth-order valence-corrected chi connectivity index (χ4v) is 4.26. The number of nitrogens with zero attached hydrogens (tertiary/aromatic N) is 2. The molecule has 0 aromatic heterocycles. The standard InChI is InChI=1S/C14H26N2/c1-15-11-16(12-7-3-2-4-8-12)14-10-6-5-9-13(14)15/h12-14H,2-11H2,1H3. The van der Waals surface area contributed by atoms with Crippen molar-refractivity contribution in [3.63, 3.8) is 0 Å². The molecule has 2 nitrogen and oxygen atoms in total. The maximum absolute atomic E-state index is 2.86. The molecule has 0 spiro atoms. The van der Waals surface area contributed by atoms with E-state index in [4.69, 9.17) is 0 Å². The van der Waals surface area contributed by atoms with Gasteiger partial charge in [0.05, 0.1) is 6.67 Å². The predicted molar refractivity (Wildman–Crippen MR) is 67.4 cm³/mol. The van der Waals surface area contributed by atoms with Gasteiger partial charge in [0.15, 0.2) is 0 Å². The SMILES string of the molecule is CN1CN(C2CCCCC2)C2CCCCC21. The Hall–Kier alpha value is -0.0800. The summed E-state index contributed by atoms with van der Waals surface area (Å²) in [5, 5.41) is 0. The zero-order chi connectivity index (χ0) is 11.0. The molecule has 92 valence electrons. The monoisotopic (exact) mass is 222 g/mol. The minimum absolute atomic E-state index is 0.885. The summed E-state index contributed by atoms with van der Waals surface area (Å²) in [6, 6.07) is 2.71. The van der Waals surface area contributed by atoms with Crippen molar-refractivity contribution in [3.05, 3.63) is 0 Å². The predicted octanol–water partition coefficient (Wildman–Crippen LogP) is 2.84. The van der Waals surface area contributed by atoms with Crippen molar-refractivity contribution in [2.75, 3.05) is 13.7 Å². The highest BCUT2D eigenvalue weighted by Crippen LogP contribution is 2.36. The van der Waals surface area contributed by atoms with Crippen molar-refractivity contribution in [2.45, 2.75) is 75.9 Å². The fraction of sp³-hybridized carbons (Fsp3) is 1.00. The normalized spacial score (nSPS) is 38.8. The number of fused-ring (bicyclic) bond motifs is 1. The Morgan fingerprint density at radius 3 is 2.12 bits per heavy atom. The lowest BCUT2D eigenvalue weighted by molar-refractivity contribution is 0.118. The van der Waals surface area contributed by atoms with E-state index >= 15 is 0 Å². The topological polar surface area (TPSA) is 6.48 Å². The molecule has 2 aliphatic carbocycles. The van der Waals surface area contributed by atoms with Gasteiger partial charge in [-0.3, -0.25) is 9.80 Å². The molecule has 1 aliphatic heterocycles. The van der Waals surface area contributed by atoms with Crippen LogP contribution in [0.1, 0.15) is 57.8 Å². The highest BCUT2D eigenvalue weighted by molar-refractivity contribution is 4.96. The van der Waals surface area contributed by atoms with Crippen molar-refractivity contribution < 1.29 is 0 Å². The fourth-order valence-electron chi connectivity index (χ4n) is 4.26. The maximum atomic E-state index is 2.86. The molecule has 1 saturated heterocycles. The zero-order valence-electron chi connectivity index (χ0n) is 10.7. The second-order valence-corrected chi connectivity index (χ2v) is 6.12. The van der Waals surface area contributed by atoms with Crippen LogP contribution in [-0.2, 0) is 0 Å². The van der Waals surface area contributed by atoms with Gasteiger partial charge in [0.2, 0.25) is 0 Å². The highest BCUT2D eigenvalue weighted by Gasteiger charge is 2.42. The van der Waals surface area contributed by atoms with Crippen LogP contribution in [0.3, 0.4) is 0 Å². The van der Waals surface area contributed by atoms with Crippen LogP contribution in [0, 0.1) is 0 Å². The smallest absolute Gasteiger partial charge is 0.0512 e. The lowest BCUT2D eigenvalue weighted by Crippen LogP contribution is -2.44. The van der Waals surface area contributed by atoms with Crippen molar-refractivity contribution in [3.8, 4) is 0 Å². The Balaban J connectivity index is 1.70. The summed E-state index contributed by atoms with van der Waals surface area (Å²) in [6.45, 7) is 1.25. The molecule has 3 rings (SSSR count). The van der Waals surface area contributed by atoms with Gasteiger partial charge in [0, 0.05) is 18.1 Å². The van der Waals surface area contributed by atoms with Crippen LogP contribution in [0.2, 0.25) is 0 Å². The Morgan fingerprint density at radius 2 is 1.38 bits per heavy atom. The zero-order valence-corrected chi connectivity index (χ0v) is 10.7. The minimum atomic E-state index is 0.885. The first kappa shape index (κ1) is 11.0. The van der Waals surface area contributed by atoms with E-state index in [0.29, 0.717) is 0 Å². The molecule has 16 heavy (non-hydrogen) atoms. The molecule has 2 atom stereocenters. The lowest BCUT2D eigenvalue weighted by atomic mass is 9.87. The lowest BCUT2D eigenvalue weighted by Gasteiger charge is -2.37. The average molecular weight is 222 g/mol. The average Bonchev–Trinajstić information content (AvgIpc) is 2.69. The molecule has 0 N–H and O–H groups in total. The largest absolute Gasteiger partial charge is 0.289 e. The molecule has 3 fully saturated rings. The number of hydrogen-bond donors (Lipinski definition) is 0. The summed E-state index contributed by atoms with van der Waals surface area (Å²) < 4.78 is 0. The molecule has 0 aromatic rings. The molecule has 0 bridgehead atoms. The Bertz CT molecular complexity index is 235. The molecular weight excluding hydrogens is 196 g/mol. The summed E-state index contributed by atoms with van der Waals surface area (Å²) in [4.78, 5) is 5.49. The van der Waals surface area contributed by atoms with Gasteiger partial charge in [-0.1, -0.05) is 32.1 Å². The van der Waals surface area contributed by atoms with E-state index < -0.39 is 0 Å². The highest BCUT2D eigenvalue weighted by atomic mass is 15.4. The summed E-state index contributed by atoms with van der Waals surface area (Å²) >= 11 is 0. The molecule has 0 radical (unpaired) electrons. The summed E-state index contributed by atoms with van der Waals surface area (Å²) in [5.74, 6) is 0. The van der Waals surface area contributed by atoms with Crippen LogP contribution in [-0.4, -0.2) is 41.6 Å². The van der Waals surface area contributed by atoms with E-state index in [1.165, 1.54) is 64.5 Å². The molecular formula is C14H26N2. The number of rotatable bonds is 1. The van der Waals surface area contributed by atoms with Crippen molar-refractivity contribution >= 4 is 0 Å². The van der Waals surface area contributed by atoms with Crippen molar-refractivity contribution in [2.24, 2.45) is 0 Å². The third-order valence-electron chi connectivity index (χ3n) is 5.12. The van der Waals surface area contributed by atoms with Crippen LogP contribution in [0.5, 0.6) is 0 Å². The van der Waals surface area contributed by atoms with Gasteiger partial charge >= 0.3 is 0 Å². The van der Waals surface area contributed by atoms with Crippen LogP contribution in [0.25, 0.3) is 0 Å². The van der Waals surface area contributed by atoms with E-state index in [1.807, 2.05) is 0 Å². The Labute approximate surface area is 100.0 Å².